The lowest BCUT2D eigenvalue weighted by molar-refractivity contribution is -0.125. The van der Waals surface area contributed by atoms with Crippen molar-refractivity contribution in [1.82, 2.24) is 15.1 Å². The average Bonchev–Trinajstić information content (AvgIpc) is 3.08. The summed E-state index contributed by atoms with van der Waals surface area (Å²) in [4.78, 5) is 25.7. The number of hydrogen-bond donors (Lipinski definition) is 1. The van der Waals surface area contributed by atoms with Crippen LogP contribution in [-0.2, 0) is 16.0 Å². The maximum absolute atomic E-state index is 13.4. The van der Waals surface area contributed by atoms with Gasteiger partial charge in [0, 0.05) is 19.4 Å². The highest BCUT2D eigenvalue weighted by Crippen LogP contribution is 2.34. The highest BCUT2D eigenvalue weighted by Gasteiger charge is 2.35. The minimum Gasteiger partial charge on any atom is -0.375 e. The van der Waals surface area contributed by atoms with Crippen molar-refractivity contribution >= 4 is 5.91 Å². The number of ether oxygens (including phenoxy) is 1. The van der Waals surface area contributed by atoms with Crippen LogP contribution in [0, 0.1) is 5.82 Å². The summed E-state index contributed by atoms with van der Waals surface area (Å²) in [5, 5.41) is 7.08. The first-order valence-corrected chi connectivity index (χ1v) is 9.29. The third-order valence-electron chi connectivity index (χ3n) is 5.17. The number of methoxy groups -OCH3 is 1. The molecule has 148 valence electrons. The second-order valence-corrected chi connectivity index (χ2v) is 6.93. The van der Waals surface area contributed by atoms with Gasteiger partial charge in [0.05, 0.1) is 6.04 Å². The van der Waals surface area contributed by atoms with Gasteiger partial charge in [0.15, 0.2) is 6.04 Å². The number of nitrogens with zero attached hydrogens (tertiary/aromatic N) is 2. The van der Waals surface area contributed by atoms with Gasteiger partial charge in [-0.15, -0.1) is 0 Å². The summed E-state index contributed by atoms with van der Waals surface area (Å²) in [6.45, 7) is 0. The van der Waals surface area contributed by atoms with Gasteiger partial charge < -0.3 is 10.1 Å². The second-order valence-electron chi connectivity index (χ2n) is 6.93. The number of halogens is 1. The summed E-state index contributed by atoms with van der Waals surface area (Å²) >= 11 is 0. The van der Waals surface area contributed by atoms with Crippen LogP contribution in [-0.4, -0.2) is 28.8 Å². The van der Waals surface area contributed by atoms with Crippen molar-refractivity contribution in [2.24, 2.45) is 0 Å². The quantitative estimate of drug-likeness (QED) is 0.723. The molecule has 1 aliphatic carbocycles. The zero-order chi connectivity index (χ0) is 20.4. The van der Waals surface area contributed by atoms with E-state index in [0.717, 1.165) is 15.8 Å². The first-order valence-electron chi connectivity index (χ1n) is 9.29. The predicted molar refractivity (Wildman–Crippen MR) is 105 cm³/mol. The van der Waals surface area contributed by atoms with Gasteiger partial charge in [-0.2, -0.15) is 5.10 Å². The van der Waals surface area contributed by atoms with E-state index in [1.807, 2.05) is 24.3 Å². The Kier molecular flexibility index (Phi) is 5.22. The summed E-state index contributed by atoms with van der Waals surface area (Å²) in [5.74, 6) is -0.829. The number of rotatable bonds is 5. The first kappa shape index (κ1) is 19.0. The molecule has 1 N–H and O–H groups in total. The molecule has 6 nitrogen and oxygen atoms in total. The third-order valence-corrected chi connectivity index (χ3v) is 5.17. The van der Waals surface area contributed by atoms with Gasteiger partial charge in [0.25, 0.3) is 5.56 Å². The molecule has 0 bridgehead atoms. The van der Waals surface area contributed by atoms with Crippen LogP contribution in [0.1, 0.15) is 28.8 Å². The van der Waals surface area contributed by atoms with Crippen LogP contribution in [0.3, 0.4) is 0 Å². The average molecular weight is 393 g/mol. The van der Waals surface area contributed by atoms with E-state index < -0.39 is 23.3 Å². The van der Waals surface area contributed by atoms with Gasteiger partial charge in [0.2, 0.25) is 5.91 Å². The molecule has 3 atom stereocenters. The molecule has 0 aliphatic heterocycles. The summed E-state index contributed by atoms with van der Waals surface area (Å²) in [5.41, 5.74) is 2.19. The Morgan fingerprint density at radius 1 is 1.17 bits per heavy atom. The standard InChI is InChI=1S/C22H20FN3O3/c1-29-21-17-6-3-2-5-15(17)13-18(21)25-22(28)20(14-8-10-16(23)11-9-14)26-19(27)7-4-12-24-26/h2-12,18,20-21H,13H2,1H3,(H,25,28). The van der Waals surface area contributed by atoms with Gasteiger partial charge in [-0.3, -0.25) is 9.59 Å². The van der Waals surface area contributed by atoms with Crippen LogP contribution in [0.25, 0.3) is 0 Å². The molecule has 1 aromatic heterocycles. The lowest BCUT2D eigenvalue weighted by Crippen LogP contribution is -2.45. The van der Waals surface area contributed by atoms with Crippen molar-refractivity contribution in [2.75, 3.05) is 7.11 Å². The number of carbonyl (C=O) groups is 1. The molecule has 3 aromatic rings. The van der Waals surface area contributed by atoms with E-state index in [9.17, 15) is 14.0 Å². The van der Waals surface area contributed by atoms with Crippen LogP contribution < -0.4 is 10.9 Å². The molecule has 4 rings (SSSR count). The number of aromatic nitrogens is 2. The number of nitrogens with one attached hydrogen (secondary N) is 1. The largest absolute Gasteiger partial charge is 0.375 e. The van der Waals surface area contributed by atoms with E-state index in [1.165, 1.54) is 42.6 Å². The molecule has 3 unspecified atom stereocenters. The minimum atomic E-state index is -1.02. The third kappa shape index (κ3) is 3.69. The van der Waals surface area contributed by atoms with Crippen molar-refractivity contribution in [3.8, 4) is 0 Å². The van der Waals surface area contributed by atoms with Crippen LogP contribution in [0.4, 0.5) is 4.39 Å². The van der Waals surface area contributed by atoms with E-state index in [0.29, 0.717) is 12.0 Å². The van der Waals surface area contributed by atoms with Crippen molar-refractivity contribution in [3.63, 3.8) is 0 Å². The van der Waals surface area contributed by atoms with Crippen molar-refractivity contribution in [3.05, 3.63) is 99.7 Å². The van der Waals surface area contributed by atoms with Crippen molar-refractivity contribution in [2.45, 2.75) is 24.6 Å². The highest BCUT2D eigenvalue weighted by atomic mass is 19.1. The molecule has 0 fully saturated rings. The molecule has 1 amide bonds. The molecule has 0 saturated heterocycles. The smallest absolute Gasteiger partial charge is 0.267 e. The van der Waals surface area contributed by atoms with Gasteiger partial charge in [-0.25, -0.2) is 9.07 Å². The van der Waals surface area contributed by atoms with E-state index in [4.69, 9.17) is 4.74 Å². The number of fused-ring (bicyclic) bond motifs is 1. The lowest BCUT2D eigenvalue weighted by Gasteiger charge is -2.24. The monoisotopic (exact) mass is 393 g/mol. The number of amides is 1. The lowest BCUT2D eigenvalue weighted by atomic mass is 10.0. The molecule has 1 aliphatic rings. The molecule has 0 radical (unpaired) electrons. The van der Waals surface area contributed by atoms with Gasteiger partial charge >= 0.3 is 0 Å². The Bertz CT molecular complexity index is 1080. The van der Waals surface area contributed by atoms with E-state index in [2.05, 4.69) is 10.4 Å². The topological polar surface area (TPSA) is 73.2 Å². The van der Waals surface area contributed by atoms with Crippen LogP contribution in [0.5, 0.6) is 0 Å². The molecule has 2 aromatic carbocycles. The molecule has 0 saturated carbocycles. The van der Waals surface area contributed by atoms with Crippen LogP contribution in [0.2, 0.25) is 0 Å². The Balaban J connectivity index is 1.67. The van der Waals surface area contributed by atoms with Gasteiger partial charge in [0.1, 0.15) is 11.9 Å². The van der Waals surface area contributed by atoms with E-state index >= 15 is 0 Å². The Labute approximate surface area is 166 Å². The fourth-order valence-electron chi connectivity index (χ4n) is 3.85. The fraction of sp³-hybridized carbons (Fsp3) is 0.227. The summed E-state index contributed by atoms with van der Waals surface area (Å²) < 4.78 is 20.1. The fourth-order valence-corrected chi connectivity index (χ4v) is 3.85. The summed E-state index contributed by atoms with van der Waals surface area (Å²) in [6.07, 6.45) is 1.77. The number of benzene rings is 2. The van der Waals surface area contributed by atoms with Crippen molar-refractivity contribution in [1.29, 1.82) is 0 Å². The number of hydrogen-bond acceptors (Lipinski definition) is 4. The molecular formula is C22H20FN3O3. The van der Waals surface area contributed by atoms with Crippen LogP contribution in [0.15, 0.2) is 71.7 Å². The van der Waals surface area contributed by atoms with E-state index in [-0.39, 0.29) is 12.1 Å². The number of carbonyl (C=O) groups excluding carboxylic acids is 1. The molecule has 7 heteroatoms. The predicted octanol–water partition coefficient (Wildman–Crippen LogP) is 2.40. The maximum Gasteiger partial charge on any atom is 0.267 e. The van der Waals surface area contributed by atoms with Gasteiger partial charge in [-0.05, 0) is 41.3 Å². The van der Waals surface area contributed by atoms with Gasteiger partial charge in [-0.1, -0.05) is 36.4 Å². The van der Waals surface area contributed by atoms with Crippen LogP contribution >= 0.6 is 0 Å². The normalized spacial score (nSPS) is 18.8. The highest BCUT2D eigenvalue weighted by molar-refractivity contribution is 5.84. The molecule has 0 spiro atoms. The molecule has 29 heavy (non-hydrogen) atoms. The van der Waals surface area contributed by atoms with E-state index in [1.54, 1.807) is 7.11 Å². The summed E-state index contributed by atoms with van der Waals surface area (Å²) in [7, 11) is 1.60. The zero-order valence-corrected chi connectivity index (χ0v) is 15.8. The Morgan fingerprint density at radius 2 is 1.93 bits per heavy atom. The molecule has 1 heterocycles. The Hall–Kier alpha value is -3.32. The maximum atomic E-state index is 13.4. The molecular weight excluding hydrogens is 373 g/mol. The minimum absolute atomic E-state index is 0.285. The summed E-state index contributed by atoms with van der Waals surface area (Å²) in [6, 6.07) is 14.9. The van der Waals surface area contributed by atoms with Crippen molar-refractivity contribution < 1.29 is 13.9 Å². The SMILES string of the molecule is COC1c2ccccc2CC1NC(=O)C(c1ccc(F)cc1)n1ncccc1=O. The Morgan fingerprint density at radius 3 is 2.66 bits per heavy atom. The second kappa shape index (κ2) is 7.97. The zero-order valence-electron chi connectivity index (χ0n) is 15.8. The first-order chi connectivity index (χ1) is 14.1.